The van der Waals surface area contributed by atoms with Gasteiger partial charge in [0.25, 0.3) is 0 Å². The second-order valence-corrected chi connectivity index (χ2v) is 2.12. The Labute approximate surface area is 57.8 Å². The van der Waals surface area contributed by atoms with E-state index in [1.807, 2.05) is 7.05 Å². The van der Waals surface area contributed by atoms with Gasteiger partial charge >= 0.3 is 0 Å². The maximum atomic E-state index is 4.01. The summed E-state index contributed by atoms with van der Waals surface area (Å²) in [5, 5.41) is 10.6. The van der Waals surface area contributed by atoms with Gasteiger partial charge in [0, 0.05) is 7.05 Å². The molecule has 0 saturated heterocycles. The van der Waals surface area contributed by atoms with E-state index in [4.69, 9.17) is 0 Å². The summed E-state index contributed by atoms with van der Waals surface area (Å²) in [5.74, 6) is 0.817. The van der Waals surface area contributed by atoms with Crippen LogP contribution >= 0.6 is 0 Å². The molecule has 1 aliphatic rings. The topological polar surface area (TPSA) is 55.1 Å². The van der Waals surface area contributed by atoms with Crippen molar-refractivity contribution >= 4 is 12.2 Å². The molecular formula is C5H7N5. The van der Waals surface area contributed by atoms with Crippen LogP contribution in [0.15, 0.2) is 4.99 Å². The molecule has 0 aromatic carbocycles. The Morgan fingerprint density at radius 3 is 3.40 bits per heavy atom. The van der Waals surface area contributed by atoms with Crippen LogP contribution in [0.3, 0.4) is 0 Å². The predicted molar refractivity (Wildman–Crippen MR) is 36.8 cm³/mol. The molecule has 1 N–H and O–H groups in total. The fourth-order valence-corrected chi connectivity index (χ4v) is 0.905. The second kappa shape index (κ2) is 1.80. The van der Waals surface area contributed by atoms with E-state index in [1.54, 1.807) is 11.0 Å². The highest BCUT2D eigenvalue weighted by Gasteiger charge is 2.10. The molecule has 0 radical (unpaired) electrons. The first-order chi connectivity index (χ1) is 4.88. The smallest absolute Gasteiger partial charge is 0.178 e. The number of hydrogen-bond acceptors (Lipinski definition) is 4. The zero-order chi connectivity index (χ0) is 6.97. The number of fused-ring (bicyclic) bond motifs is 1. The zero-order valence-corrected chi connectivity index (χ0v) is 5.57. The van der Waals surface area contributed by atoms with Gasteiger partial charge in [0.2, 0.25) is 0 Å². The average molecular weight is 137 g/mol. The minimum absolute atomic E-state index is 0.672. The van der Waals surface area contributed by atoms with E-state index in [2.05, 4.69) is 20.6 Å². The molecule has 1 aromatic rings. The monoisotopic (exact) mass is 137 g/mol. The van der Waals surface area contributed by atoms with Crippen molar-refractivity contribution in [2.24, 2.45) is 12.0 Å². The van der Waals surface area contributed by atoms with Gasteiger partial charge in [-0.2, -0.15) is 0 Å². The van der Waals surface area contributed by atoms with E-state index in [1.165, 1.54) is 0 Å². The molecule has 52 valence electrons. The lowest BCUT2D eigenvalue weighted by Gasteiger charge is -2.04. The highest BCUT2D eigenvalue weighted by atomic mass is 15.4. The van der Waals surface area contributed by atoms with Crippen LogP contribution in [0.25, 0.3) is 0 Å². The fourth-order valence-electron chi connectivity index (χ4n) is 0.905. The normalized spacial score (nSPS) is 14.5. The Kier molecular flexibility index (Phi) is 0.969. The van der Waals surface area contributed by atoms with Crippen LogP contribution in [0.4, 0.5) is 5.82 Å². The van der Waals surface area contributed by atoms with Gasteiger partial charge in [-0.3, -0.25) is 4.99 Å². The molecule has 0 fully saturated rings. The standard InChI is InChI=1S/C5H7N5/c1-10-4-2-6-3-7-5(4)8-9-10/h3H,2H2,1H3,(H,6,7). The number of anilines is 1. The summed E-state index contributed by atoms with van der Waals surface area (Å²) >= 11 is 0. The van der Waals surface area contributed by atoms with Crippen molar-refractivity contribution in [2.45, 2.75) is 6.54 Å². The van der Waals surface area contributed by atoms with Crippen molar-refractivity contribution in [3.63, 3.8) is 0 Å². The molecule has 0 bridgehead atoms. The van der Waals surface area contributed by atoms with Crippen LogP contribution in [0.1, 0.15) is 5.69 Å². The molecule has 2 heterocycles. The molecule has 2 rings (SSSR count). The summed E-state index contributed by atoms with van der Waals surface area (Å²) in [6, 6.07) is 0. The maximum Gasteiger partial charge on any atom is 0.178 e. The van der Waals surface area contributed by atoms with Crippen LogP contribution in [0.5, 0.6) is 0 Å². The van der Waals surface area contributed by atoms with Crippen LogP contribution in [-0.2, 0) is 13.6 Å². The number of aliphatic imine (C=N–C) groups is 1. The molecule has 1 aliphatic heterocycles. The third kappa shape index (κ3) is 0.601. The van der Waals surface area contributed by atoms with Gasteiger partial charge in [-0.15, -0.1) is 5.10 Å². The van der Waals surface area contributed by atoms with E-state index in [9.17, 15) is 0 Å². The molecule has 10 heavy (non-hydrogen) atoms. The molecule has 0 unspecified atom stereocenters. The second-order valence-electron chi connectivity index (χ2n) is 2.12. The summed E-state index contributed by atoms with van der Waals surface area (Å²) in [5.41, 5.74) is 1.03. The van der Waals surface area contributed by atoms with Crippen molar-refractivity contribution in [3.05, 3.63) is 5.69 Å². The quantitative estimate of drug-likeness (QED) is 0.537. The lowest BCUT2D eigenvalue weighted by atomic mass is 10.4. The Hall–Kier alpha value is -1.39. The Morgan fingerprint density at radius 2 is 2.60 bits per heavy atom. The molecular weight excluding hydrogens is 130 g/mol. The van der Waals surface area contributed by atoms with Gasteiger partial charge in [0.1, 0.15) is 5.69 Å². The van der Waals surface area contributed by atoms with Gasteiger partial charge in [0.15, 0.2) is 5.82 Å². The third-order valence-corrected chi connectivity index (χ3v) is 1.48. The number of nitrogens with one attached hydrogen (secondary N) is 1. The van der Waals surface area contributed by atoms with E-state index in [0.717, 1.165) is 11.5 Å². The van der Waals surface area contributed by atoms with Crippen LogP contribution in [0.2, 0.25) is 0 Å². The highest BCUT2D eigenvalue weighted by molar-refractivity contribution is 5.76. The first kappa shape index (κ1) is 5.40. The number of nitrogens with zero attached hydrogens (tertiary/aromatic N) is 4. The fraction of sp³-hybridized carbons (Fsp3) is 0.400. The van der Waals surface area contributed by atoms with Crippen molar-refractivity contribution in [3.8, 4) is 0 Å². The first-order valence-electron chi connectivity index (χ1n) is 3.01. The molecule has 5 heteroatoms. The van der Waals surface area contributed by atoms with E-state index >= 15 is 0 Å². The molecule has 0 atom stereocenters. The van der Waals surface area contributed by atoms with E-state index < -0.39 is 0 Å². The SMILES string of the molecule is Cn1nnc2c1CN=CN2. The van der Waals surface area contributed by atoms with Crippen molar-refractivity contribution in [1.29, 1.82) is 0 Å². The number of rotatable bonds is 0. The molecule has 0 saturated carbocycles. The summed E-state index contributed by atoms with van der Waals surface area (Å²) in [6.45, 7) is 0.672. The van der Waals surface area contributed by atoms with E-state index in [-0.39, 0.29) is 0 Å². The van der Waals surface area contributed by atoms with Crippen molar-refractivity contribution in [1.82, 2.24) is 15.0 Å². The van der Waals surface area contributed by atoms with Crippen molar-refractivity contribution < 1.29 is 0 Å². The van der Waals surface area contributed by atoms with E-state index in [0.29, 0.717) is 6.54 Å². The van der Waals surface area contributed by atoms with Gasteiger partial charge in [0.05, 0.1) is 12.9 Å². The largest absolute Gasteiger partial charge is 0.328 e. The van der Waals surface area contributed by atoms with Crippen molar-refractivity contribution in [2.75, 3.05) is 5.32 Å². The minimum Gasteiger partial charge on any atom is -0.328 e. The molecule has 1 aromatic heterocycles. The number of aromatic nitrogens is 3. The molecule has 0 amide bonds. The minimum atomic E-state index is 0.672. The van der Waals surface area contributed by atoms with Crippen LogP contribution < -0.4 is 5.32 Å². The van der Waals surface area contributed by atoms with Crippen LogP contribution in [0, 0.1) is 0 Å². The molecule has 0 spiro atoms. The van der Waals surface area contributed by atoms with Gasteiger partial charge in [-0.25, -0.2) is 4.68 Å². The zero-order valence-electron chi connectivity index (χ0n) is 5.57. The maximum absolute atomic E-state index is 4.01. The summed E-state index contributed by atoms with van der Waals surface area (Å²) in [7, 11) is 1.86. The lowest BCUT2D eigenvalue weighted by molar-refractivity contribution is 0.678. The first-order valence-corrected chi connectivity index (χ1v) is 3.01. The highest BCUT2D eigenvalue weighted by Crippen LogP contribution is 2.12. The molecule has 0 aliphatic carbocycles. The Balaban J connectivity index is 2.50. The Morgan fingerprint density at radius 1 is 1.70 bits per heavy atom. The summed E-state index contributed by atoms with van der Waals surface area (Å²) in [6.07, 6.45) is 1.64. The third-order valence-electron chi connectivity index (χ3n) is 1.48. The van der Waals surface area contributed by atoms with Gasteiger partial charge < -0.3 is 5.32 Å². The summed E-state index contributed by atoms with van der Waals surface area (Å²) < 4.78 is 1.72. The van der Waals surface area contributed by atoms with Gasteiger partial charge in [-0.1, -0.05) is 5.21 Å². The molecule has 5 nitrogen and oxygen atoms in total. The summed E-state index contributed by atoms with van der Waals surface area (Å²) in [4.78, 5) is 4.01. The Bertz CT molecular complexity index is 274. The van der Waals surface area contributed by atoms with Gasteiger partial charge in [-0.05, 0) is 0 Å². The number of aryl methyl sites for hydroxylation is 1. The lowest BCUT2D eigenvalue weighted by Crippen LogP contribution is -2.07. The predicted octanol–water partition coefficient (Wildman–Crippen LogP) is -0.231. The van der Waals surface area contributed by atoms with Crippen LogP contribution in [-0.4, -0.2) is 21.3 Å². The number of hydrogen-bond donors (Lipinski definition) is 1. The average Bonchev–Trinajstić information content (AvgIpc) is 2.34.